The zero-order valence-corrected chi connectivity index (χ0v) is 37.0. The highest BCUT2D eigenvalue weighted by molar-refractivity contribution is 7.90. The molecule has 1 amide bonds. The quantitative estimate of drug-likeness (QED) is 0.0851. The van der Waals surface area contributed by atoms with Crippen molar-refractivity contribution in [1.29, 1.82) is 5.26 Å². The Morgan fingerprint density at radius 3 is 2.44 bits per heavy atom. The summed E-state index contributed by atoms with van der Waals surface area (Å²) in [5.41, 5.74) is 10.4. The second-order valence-corrected chi connectivity index (χ2v) is 19.6. The number of pyridine rings is 1. The van der Waals surface area contributed by atoms with Crippen LogP contribution in [0.1, 0.15) is 74.7 Å². The van der Waals surface area contributed by atoms with Crippen molar-refractivity contribution < 1.29 is 22.9 Å². The number of carbonyl (C=O) groups is 1. The third-order valence-corrected chi connectivity index (χ3v) is 14.0. The number of carbonyl (C=O) groups excluding carboxylic acids is 1. The van der Waals surface area contributed by atoms with E-state index in [0.717, 1.165) is 76.3 Å². The van der Waals surface area contributed by atoms with Gasteiger partial charge >= 0.3 is 0 Å². The van der Waals surface area contributed by atoms with Crippen LogP contribution in [0.3, 0.4) is 0 Å². The maximum absolute atomic E-state index is 13.8. The molecule has 0 radical (unpaired) electrons. The molecule has 3 aliphatic rings. The van der Waals surface area contributed by atoms with Gasteiger partial charge < -0.3 is 20.7 Å². The Balaban J connectivity index is 1.07. The molecule has 0 unspecified atom stereocenters. The molecular formula is C45H50Cl2N8O6S. The van der Waals surface area contributed by atoms with Gasteiger partial charge in [-0.1, -0.05) is 54.8 Å². The van der Waals surface area contributed by atoms with Gasteiger partial charge in [-0.05, 0) is 104 Å². The van der Waals surface area contributed by atoms with Crippen LogP contribution in [0.2, 0.25) is 10.0 Å². The molecule has 2 fully saturated rings. The molecule has 1 saturated carbocycles. The number of amides is 1. The summed E-state index contributed by atoms with van der Waals surface area (Å²) in [4.78, 5) is 33.5. The Kier molecular flexibility index (Phi) is 13.6. The first kappa shape index (κ1) is 44.6. The summed E-state index contributed by atoms with van der Waals surface area (Å²) in [6.07, 6.45) is 7.65. The van der Waals surface area contributed by atoms with E-state index >= 15 is 0 Å². The molecule has 0 atom stereocenters. The van der Waals surface area contributed by atoms with Crippen molar-refractivity contribution in [3.05, 3.63) is 110 Å². The molecular weight excluding hydrogens is 852 g/mol. The van der Waals surface area contributed by atoms with Crippen LogP contribution in [0.4, 0.5) is 22.9 Å². The Bertz CT molecular complexity index is 2510. The SMILES string of the molecule is CC1(C)CCC(CN2CCN(c3ccc(C(=O)NS(=O)(=O)c4ccc(NCC5CCC(C#N)CC5)c([N+](=O)[O-])c4)c(Oc4cnc(N)c(Cl)c4)c3)CC2)=C(c2ccc(Cl)cc2)C1. The van der Waals surface area contributed by atoms with Crippen molar-refractivity contribution in [2.24, 2.45) is 17.3 Å². The summed E-state index contributed by atoms with van der Waals surface area (Å²) in [6, 6.07) is 20.2. The first-order chi connectivity index (χ1) is 29.6. The average molecular weight is 902 g/mol. The number of nitrogen functional groups attached to an aromatic ring is 1. The zero-order valence-electron chi connectivity index (χ0n) is 34.7. The number of rotatable bonds is 13. The lowest BCUT2D eigenvalue weighted by atomic mass is 9.72. The van der Waals surface area contributed by atoms with E-state index in [2.05, 4.69) is 56.9 Å². The molecule has 0 bridgehead atoms. The number of aromatic nitrogens is 1. The van der Waals surface area contributed by atoms with Crippen molar-refractivity contribution in [1.82, 2.24) is 14.6 Å². The third-order valence-electron chi connectivity index (χ3n) is 12.1. The lowest BCUT2D eigenvalue weighted by Gasteiger charge is -2.39. The molecule has 62 heavy (non-hydrogen) atoms. The standard InChI is InChI=1S/C45H50Cl2N8O6S/c1-45(2)16-15-32(38(24-45)31-7-9-33(46)10-8-31)28-53-17-19-54(20-18-53)34-11-13-37(42(21-34)61-35-22-39(47)43(49)51-27-35)44(56)52-62(59,60)36-12-14-40(41(23-36)55(57)58)50-26-30-5-3-29(25-48)4-6-30/h7-14,21-23,27,29-30,50H,3-6,15-20,24,26,28H2,1-2H3,(H2,49,51)(H,52,56). The number of hydrogen-bond acceptors (Lipinski definition) is 12. The van der Waals surface area contributed by atoms with Crippen LogP contribution >= 0.6 is 23.2 Å². The lowest BCUT2D eigenvalue weighted by Crippen LogP contribution is -2.47. The van der Waals surface area contributed by atoms with E-state index in [4.69, 9.17) is 33.7 Å². The predicted molar refractivity (Wildman–Crippen MR) is 242 cm³/mol. The van der Waals surface area contributed by atoms with Gasteiger partial charge in [-0.3, -0.25) is 19.8 Å². The Morgan fingerprint density at radius 1 is 1.03 bits per heavy atom. The van der Waals surface area contributed by atoms with Crippen molar-refractivity contribution in [2.75, 3.05) is 55.2 Å². The number of anilines is 3. The number of benzene rings is 3. The lowest BCUT2D eigenvalue weighted by molar-refractivity contribution is -0.384. The van der Waals surface area contributed by atoms with Gasteiger partial charge in [0.1, 0.15) is 23.0 Å². The van der Waals surface area contributed by atoms with Gasteiger partial charge in [0.05, 0.1) is 32.7 Å². The molecule has 4 N–H and O–H groups in total. The van der Waals surface area contributed by atoms with Crippen LogP contribution < -0.4 is 25.4 Å². The van der Waals surface area contributed by atoms with Crippen LogP contribution in [0.15, 0.2) is 83.4 Å². The fourth-order valence-corrected chi connectivity index (χ4v) is 9.72. The Hall–Kier alpha value is -5.40. The van der Waals surface area contributed by atoms with E-state index in [1.807, 2.05) is 12.1 Å². The maximum Gasteiger partial charge on any atom is 0.293 e. The van der Waals surface area contributed by atoms with E-state index in [-0.39, 0.29) is 50.8 Å². The van der Waals surface area contributed by atoms with E-state index < -0.39 is 31.4 Å². The van der Waals surface area contributed by atoms with E-state index in [9.17, 15) is 28.6 Å². The van der Waals surface area contributed by atoms with Gasteiger partial charge in [-0.2, -0.15) is 5.26 Å². The first-order valence-electron chi connectivity index (χ1n) is 20.7. The summed E-state index contributed by atoms with van der Waals surface area (Å²) in [7, 11) is -4.60. The molecule has 0 spiro atoms. The van der Waals surface area contributed by atoms with E-state index in [1.165, 1.54) is 47.2 Å². The van der Waals surface area contributed by atoms with Crippen LogP contribution in [-0.4, -0.2) is 68.4 Å². The summed E-state index contributed by atoms with van der Waals surface area (Å²) in [6.45, 7) is 8.90. The minimum Gasteiger partial charge on any atom is -0.455 e. The number of nitrogens with two attached hydrogens (primary N) is 1. The minimum absolute atomic E-state index is 0.0226. The molecule has 326 valence electrons. The normalized spacial score (nSPS) is 19.4. The van der Waals surface area contributed by atoms with Gasteiger partial charge in [-0.25, -0.2) is 18.1 Å². The Morgan fingerprint density at radius 2 is 1.76 bits per heavy atom. The number of hydrogen-bond donors (Lipinski definition) is 3. The summed E-state index contributed by atoms with van der Waals surface area (Å²) in [5.74, 6) is -0.474. The minimum atomic E-state index is -4.60. The highest BCUT2D eigenvalue weighted by Crippen LogP contribution is 2.43. The zero-order chi connectivity index (χ0) is 44.2. The highest BCUT2D eigenvalue weighted by Gasteiger charge is 2.31. The molecule has 4 aromatic rings. The molecule has 1 saturated heterocycles. The number of nitro benzene ring substituents is 1. The van der Waals surface area contributed by atoms with Crippen molar-refractivity contribution in [3.63, 3.8) is 0 Å². The topological polar surface area (TPSA) is 197 Å². The van der Waals surface area contributed by atoms with Crippen molar-refractivity contribution >= 4 is 67.6 Å². The highest BCUT2D eigenvalue weighted by atomic mass is 35.5. The van der Waals surface area contributed by atoms with Gasteiger partial charge in [0, 0.05) is 74.1 Å². The second kappa shape index (κ2) is 18.9. The average Bonchev–Trinajstić information content (AvgIpc) is 3.25. The number of sulfonamides is 1. The molecule has 2 aliphatic carbocycles. The number of halogens is 2. The van der Waals surface area contributed by atoms with Crippen LogP contribution in [0.25, 0.3) is 5.57 Å². The monoisotopic (exact) mass is 900 g/mol. The number of nitriles is 1. The van der Waals surface area contributed by atoms with Crippen LogP contribution in [0.5, 0.6) is 11.5 Å². The van der Waals surface area contributed by atoms with Crippen molar-refractivity contribution in [3.8, 4) is 17.6 Å². The van der Waals surface area contributed by atoms with Gasteiger partial charge in [0.15, 0.2) is 0 Å². The van der Waals surface area contributed by atoms with Crippen molar-refractivity contribution in [2.45, 2.75) is 63.7 Å². The molecule has 7 rings (SSSR count). The molecule has 17 heteroatoms. The third kappa shape index (κ3) is 10.8. The molecule has 2 heterocycles. The number of allylic oxidation sites excluding steroid dienone is 1. The molecule has 1 aliphatic heterocycles. The van der Waals surface area contributed by atoms with Gasteiger partial charge in [0.2, 0.25) is 0 Å². The largest absolute Gasteiger partial charge is 0.455 e. The van der Waals surface area contributed by atoms with Crippen LogP contribution in [0, 0.1) is 38.7 Å². The predicted octanol–water partition coefficient (Wildman–Crippen LogP) is 9.32. The Labute approximate surface area is 372 Å². The fraction of sp³-hybridized carbons (Fsp3) is 0.400. The smallest absolute Gasteiger partial charge is 0.293 e. The van der Waals surface area contributed by atoms with Gasteiger partial charge in [-0.15, -0.1) is 0 Å². The number of nitrogens with one attached hydrogen (secondary N) is 2. The number of ether oxygens (including phenoxy) is 1. The summed E-state index contributed by atoms with van der Waals surface area (Å²) >= 11 is 12.5. The molecule has 3 aromatic carbocycles. The molecule has 14 nitrogen and oxygen atoms in total. The van der Waals surface area contributed by atoms with Crippen LogP contribution in [-0.2, 0) is 10.0 Å². The van der Waals surface area contributed by atoms with E-state index in [0.29, 0.717) is 24.7 Å². The maximum atomic E-state index is 13.8. The van der Waals surface area contributed by atoms with Gasteiger partial charge in [0.25, 0.3) is 21.6 Å². The number of nitro groups is 1. The fourth-order valence-electron chi connectivity index (χ4n) is 8.46. The number of nitrogens with zero attached hydrogens (tertiary/aromatic N) is 5. The summed E-state index contributed by atoms with van der Waals surface area (Å²) < 4.78 is 35.5. The van der Waals surface area contributed by atoms with E-state index in [1.54, 1.807) is 12.1 Å². The molecule has 1 aromatic heterocycles. The number of piperazine rings is 1. The summed E-state index contributed by atoms with van der Waals surface area (Å²) in [5, 5.41) is 25.2. The second-order valence-electron chi connectivity index (χ2n) is 17.1. The first-order valence-corrected chi connectivity index (χ1v) is 23.0.